The molecule has 3 aromatic rings. The smallest absolute Gasteiger partial charge is 0.353 e. The van der Waals surface area contributed by atoms with Crippen LogP contribution in [0.15, 0.2) is 48.7 Å². The monoisotopic (exact) mass is 482 g/mol. The Morgan fingerprint density at radius 3 is 2.37 bits per heavy atom. The van der Waals surface area contributed by atoms with Crippen LogP contribution >= 0.6 is 0 Å². The predicted octanol–water partition coefficient (Wildman–Crippen LogP) is 5.18. The predicted molar refractivity (Wildman–Crippen MR) is 132 cm³/mol. The maximum atomic E-state index is 13.5. The van der Waals surface area contributed by atoms with Gasteiger partial charge >= 0.3 is 6.18 Å². The minimum atomic E-state index is -4.43. The standard InChI is InChI=1S/C26H29F3N6/c1-18-6-3-8-20(16-18)22-17-23(32-25(31-22)35-11-5-7-19(35)2)33-12-14-34(15-13-33)24-21(26(27,28)29)9-4-10-30-24/h3-4,6,8-10,16-17,19H,5,7,11-15H2,1-2H3. The highest BCUT2D eigenvalue weighted by molar-refractivity contribution is 5.66. The van der Waals surface area contributed by atoms with Gasteiger partial charge in [0.1, 0.15) is 11.6 Å². The molecular formula is C26H29F3N6. The van der Waals surface area contributed by atoms with Crippen LogP contribution in [0.5, 0.6) is 0 Å². The van der Waals surface area contributed by atoms with Crippen LogP contribution in [0, 0.1) is 6.92 Å². The molecule has 2 fully saturated rings. The highest BCUT2D eigenvalue weighted by Gasteiger charge is 2.36. The molecule has 0 aliphatic carbocycles. The van der Waals surface area contributed by atoms with E-state index < -0.39 is 11.7 Å². The topological polar surface area (TPSA) is 48.4 Å². The van der Waals surface area contributed by atoms with E-state index in [0.29, 0.717) is 32.2 Å². The molecule has 0 bridgehead atoms. The second kappa shape index (κ2) is 9.36. The number of hydrogen-bond acceptors (Lipinski definition) is 6. The largest absolute Gasteiger partial charge is 0.419 e. The van der Waals surface area contributed by atoms with Gasteiger partial charge in [0.15, 0.2) is 0 Å². The number of nitrogens with zero attached hydrogens (tertiary/aromatic N) is 6. The first kappa shape index (κ1) is 23.4. The van der Waals surface area contributed by atoms with Gasteiger partial charge < -0.3 is 14.7 Å². The van der Waals surface area contributed by atoms with E-state index in [-0.39, 0.29) is 5.82 Å². The lowest BCUT2D eigenvalue weighted by molar-refractivity contribution is -0.137. The molecule has 184 valence electrons. The number of aryl methyl sites for hydroxylation is 1. The molecule has 2 aliphatic rings. The lowest BCUT2D eigenvalue weighted by Crippen LogP contribution is -2.47. The molecule has 0 amide bonds. The van der Waals surface area contributed by atoms with Crippen LogP contribution < -0.4 is 14.7 Å². The molecule has 0 N–H and O–H groups in total. The molecule has 0 saturated carbocycles. The third-order valence-electron chi connectivity index (χ3n) is 6.82. The van der Waals surface area contributed by atoms with E-state index in [1.165, 1.54) is 12.3 Å². The molecule has 2 aliphatic heterocycles. The van der Waals surface area contributed by atoms with Crippen LogP contribution in [0.4, 0.5) is 30.8 Å². The number of piperazine rings is 1. The molecule has 2 saturated heterocycles. The number of aromatic nitrogens is 3. The van der Waals surface area contributed by atoms with E-state index in [1.807, 2.05) is 18.2 Å². The van der Waals surface area contributed by atoms with Gasteiger partial charge in [-0.15, -0.1) is 0 Å². The summed E-state index contributed by atoms with van der Waals surface area (Å²) < 4.78 is 40.5. The normalized spacial score (nSPS) is 18.9. The zero-order chi connectivity index (χ0) is 24.6. The number of anilines is 3. The van der Waals surface area contributed by atoms with E-state index in [0.717, 1.165) is 54.0 Å². The summed E-state index contributed by atoms with van der Waals surface area (Å²) in [7, 11) is 0. The Balaban J connectivity index is 1.43. The first-order valence-corrected chi connectivity index (χ1v) is 12.0. The average molecular weight is 483 g/mol. The first-order chi connectivity index (χ1) is 16.8. The van der Waals surface area contributed by atoms with Crippen molar-refractivity contribution in [3.05, 3.63) is 59.8 Å². The van der Waals surface area contributed by atoms with E-state index in [1.54, 1.807) is 4.90 Å². The van der Waals surface area contributed by atoms with Crippen molar-refractivity contribution in [2.45, 2.75) is 38.9 Å². The van der Waals surface area contributed by atoms with Crippen LogP contribution in [0.2, 0.25) is 0 Å². The van der Waals surface area contributed by atoms with Gasteiger partial charge in [-0.05, 0) is 44.9 Å². The summed E-state index contributed by atoms with van der Waals surface area (Å²) in [4.78, 5) is 20.0. The van der Waals surface area contributed by atoms with E-state index in [9.17, 15) is 13.2 Å². The fourth-order valence-corrected chi connectivity index (χ4v) is 4.91. The summed E-state index contributed by atoms with van der Waals surface area (Å²) in [5, 5.41) is 0. The summed E-state index contributed by atoms with van der Waals surface area (Å²) in [6.45, 7) is 7.13. The van der Waals surface area contributed by atoms with Gasteiger partial charge in [-0.25, -0.2) is 9.97 Å². The van der Waals surface area contributed by atoms with Crippen molar-refractivity contribution in [2.75, 3.05) is 47.4 Å². The lowest BCUT2D eigenvalue weighted by Gasteiger charge is -2.37. The lowest BCUT2D eigenvalue weighted by atomic mass is 10.1. The third kappa shape index (κ3) is 4.90. The Bertz CT molecular complexity index is 1190. The van der Waals surface area contributed by atoms with E-state index in [4.69, 9.17) is 9.97 Å². The molecule has 2 aromatic heterocycles. The van der Waals surface area contributed by atoms with Crippen molar-refractivity contribution in [1.29, 1.82) is 0 Å². The fraction of sp³-hybridized carbons (Fsp3) is 0.423. The molecule has 5 rings (SSSR count). The molecule has 6 nitrogen and oxygen atoms in total. The maximum Gasteiger partial charge on any atom is 0.419 e. The van der Waals surface area contributed by atoms with Crippen LogP contribution in [0.3, 0.4) is 0 Å². The highest BCUT2D eigenvalue weighted by atomic mass is 19.4. The zero-order valence-corrected chi connectivity index (χ0v) is 20.0. The van der Waals surface area contributed by atoms with Gasteiger partial charge in [-0.3, -0.25) is 0 Å². The van der Waals surface area contributed by atoms with Gasteiger partial charge in [0.2, 0.25) is 5.95 Å². The van der Waals surface area contributed by atoms with Crippen LogP contribution in [0.1, 0.15) is 30.9 Å². The Labute approximate surface area is 203 Å². The van der Waals surface area contributed by atoms with E-state index >= 15 is 0 Å². The molecule has 1 aromatic carbocycles. The Morgan fingerprint density at radius 2 is 1.69 bits per heavy atom. The quantitative estimate of drug-likeness (QED) is 0.511. The van der Waals surface area contributed by atoms with Crippen molar-refractivity contribution in [3.63, 3.8) is 0 Å². The summed E-state index contributed by atoms with van der Waals surface area (Å²) in [6.07, 6.45) is -0.799. The number of rotatable bonds is 4. The molecule has 0 radical (unpaired) electrons. The average Bonchev–Trinajstić information content (AvgIpc) is 3.29. The molecule has 0 spiro atoms. The van der Waals surface area contributed by atoms with Crippen LogP contribution in [0.25, 0.3) is 11.3 Å². The van der Waals surface area contributed by atoms with E-state index in [2.05, 4.69) is 40.8 Å². The van der Waals surface area contributed by atoms with Crippen LogP contribution in [-0.2, 0) is 6.18 Å². The number of pyridine rings is 1. The Kier molecular flexibility index (Phi) is 6.25. The van der Waals surface area contributed by atoms with Crippen molar-refractivity contribution in [2.24, 2.45) is 0 Å². The zero-order valence-electron chi connectivity index (χ0n) is 20.0. The van der Waals surface area contributed by atoms with Gasteiger partial charge in [-0.2, -0.15) is 18.2 Å². The Morgan fingerprint density at radius 1 is 0.914 bits per heavy atom. The minimum absolute atomic E-state index is 0.00521. The van der Waals surface area contributed by atoms with Crippen molar-refractivity contribution in [3.8, 4) is 11.3 Å². The first-order valence-electron chi connectivity index (χ1n) is 12.0. The molecular weight excluding hydrogens is 453 g/mol. The fourth-order valence-electron chi connectivity index (χ4n) is 4.91. The second-order valence-corrected chi connectivity index (χ2v) is 9.31. The van der Waals surface area contributed by atoms with Gasteiger partial charge in [-0.1, -0.05) is 23.8 Å². The molecule has 1 atom stereocenters. The van der Waals surface area contributed by atoms with Gasteiger partial charge in [0.05, 0.1) is 11.3 Å². The SMILES string of the molecule is Cc1cccc(-c2cc(N3CCN(c4ncccc4C(F)(F)F)CC3)nc(N3CCCC3C)n2)c1. The molecule has 35 heavy (non-hydrogen) atoms. The van der Waals surface area contributed by atoms with Crippen LogP contribution in [-0.4, -0.2) is 53.7 Å². The summed E-state index contributed by atoms with van der Waals surface area (Å²) >= 11 is 0. The second-order valence-electron chi connectivity index (χ2n) is 9.31. The molecule has 4 heterocycles. The van der Waals surface area contributed by atoms with Gasteiger partial charge in [0.25, 0.3) is 0 Å². The molecule has 1 unspecified atom stereocenters. The summed E-state index contributed by atoms with van der Waals surface area (Å²) in [6, 6.07) is 13.0. The molecule has 9 heteroatoms. The van der Waals surface area contributed by atoms with Crippen molar-refractivity contribution < 1.29 is 13.2 Å². The Hall–Kier alpha value is -3.36. The number of benzene rings is 1. The number of halogens is 3. The third-order valence-corrected chi connectivity index (χ3v) is 6.82. The number of alkyl halides is 3. The van der Waals surface area contributed by atoms with Crippen molar-refractivity contribution in [1.82, 2.24) is 15.0 Å². The highest BCUT2D eigenvalue weighted by Crippen LogP contribution is 2.36. The summed E-state index contributed by atoms with van der Waals surface area (Å²) in [5.74, 6) is 1.52. The summed E-state index contributed by atoms with van der Waals surface area (Å²) in [5.41, 5.74) is 2.36. The van der Waals surface area contributed by atoms with Gasteiger partial charge in [0, 0.05) is 56.6 Å². The number of hydrogen-bond donors (Lipinski definition) is 0. The maximum absolute atomic E-state index is 13.5. The van der Waals surface area contributed by atoms with Crippen molar-refractivity contribution >= 4 is 17.6 Å². The minimum Gasteiger partial charge on any atom is -0.353 e.